The molecule has 0 aromatic heterocycles. The molecule has 0 spiro atoms. The van der Waals surface area contributed by atoms with Gasteiger partial charge in [-0.05, 0) is 5.41 Å². The minimum Gasteiger partial charge on any atom is -0.395 e. The molecular formula is C21H25O4P. The molecular weight excluding hydrogens is 347 g/mol. The molecule has 0 saturated heterocycles. The van der Waals surface area contributed by atoms with Gasteiger partial charge < -0.3 is 9.05 Å². The number of hydrogen-bond donors (Lipinski definition) is 0. The number of benzene rings is 2. The van der Waals surface area contributed by atoms with Crippen LogP contribution in [0.5, 0.6) is 0 Å². The smallest absolute Gasteiger partial charge is 0.395 e. The molecule has 0 heterocycles. The van der Waals surface area contributed by atoms with Crippen LogP contribution in [-0.2, 0) is 18.1 Å². The molecule has 0 radical (unpaired) electrons. The fourth-order valence-corrected chi connectivity index (χ4v) is 3.41. The highest BCUT2D eigenvalue weighted by molar-refractivity contribution is 7.49. The highest BCUT2D eigenvalue weighted by Crippen LogP contribution is 2.56. The van der Waals surface area contributed by atoms with Gasteiger partial charge in [0, 0.05) is 11.1 Å². The van der Waals surface area contributed by atoms with E-state index in [0.717, 1.165) is 0 Å². The minimum absolute atomic E-state index is 0.189. The Kier molecular flexibility index (Phi) is 6.47. The third-order valence-corrected chi connectivity index (χ3v) is 4.62. The molecule has 2 aromatic rings. The highest BCUT2D eigenvalue weighted by Gasteiger charge is 2.34. The van der Waals surface area contributed by atoms with E-state index in [2.05, 4.69) is 13.2 Å². The van der Waals surface area contributed by atoms with Crippen LogP contribution in [-0.4, -0.2) is 6.61 Å². The third kappa shape index (κ3) is 6.21. The van der Waals surface area contributed by atoms with E-state index in [4.69, 9.17) is 13.6 Å². The lowest BCUT2D eigenvalue weighted by Gasteiger charge is -2.25. The molecule has 0 atom stereocenters. The summed E-state index contributed by atoms with van der Waals surface area (Å²) in [6, 6.07) is 18.3. The lowest BCUT2D eigenvalue weighted by Crippen LogP contribution is -2.14. The summed E-state index contributed by atoms with van der Waals surface area (Å²) in [4.78, 5) is 0. The molecule has 0 amide bonds. The molecule has 2 aromatic carbocycles. The van der Waals surface area contributed by atoms with E-state index in [-0.39, 0.29) is 23.5 Å². The summed E-state index contributed by atoms with van der Waals surface area (Å²) in [6.45, 7) is 13.8. The van der Waals surface area contributed by atoms with Crippen molar-refractivity contribution in [3.63, 3.8) is 0 Å². The van der Waals surface area contributed by atoms with Gasteiger partial charge in [0.05, 0.1) is 6.61 Å². The molecule has 0 unspecified atom stereocenters. The van der Waals surface area contributed by atoms with E-state index < -0.39 is 7.82 Å². The zero-order valence-corrected chi connectivity index (χ0v) is 16.4. The molecule has 5 heteroatoms. The van der Waals surface area contributed by atoms with Crippen molar-refractivity contribution in [2.75, 3.05) is 6.61 Å². The molecule has 0 aliphatic heterocycles. The van der Waals surface area contributed by atoms with E-state index in [1.165, 1.54) is 0 Å². The highest BCUT2D eigenvalue weighted by atomic mass is 31.2. The average Bonchev–Trinajstić information content (AvgIpc) is 2.61. The molecule has 0 fully saturated rings. The van der Waals surface area contributed by atoms with Gasteiger partial charge in [0.1, 0.15) is 11.5 Å². The van der Waals surface area contributed by atoms with Crippen LogP contribution >= 0.6 is 7.82 Å². The van der Waals surface area contributed by atoms with Crippen molar-refractivity contribution in [2.45, 2.75) is 20.8 Å². The number of hydrogen-bond acceptors (Lipinski definition) is 4. The van der Waals surface area contributed by atoms with Gasteiger partial charge >= 0.3 is 7.82 Å². The summed E-state index contributed by atoms with van der Waals surface area (Å²) >= 11 is 0. The lowest BCUT2D eigenvalue weighted by atomic mass is 9.99. The Morgan fingerprint density at radius 3 is 1.58 bits per heavy atom. The minimum atomic E-state index is -3.96. The zero-order valence-electron chi connectivity index (χ0n) is 15.5. The first-order valence-electron chi connectivity index (χ1n) is 8.31. The first kappa shape index (κ1) is 20.0. The summed E-state index contributed by atoms with van der Waals surface area (Å²) in [7, 11) is -3.96. The van der Waals surface area contributed by atoms with E-state index >= 15 is 0 Å². The van der Waals surface area contributed by atoms with Crippen LogP contribution in [0.25, 0.3) is 11.5 Å². The van der Waals surface area contributed by atoms with Crippen molar-refractivity contribution in [1.29, 1.82) is 0 Å². The summed E-state index contributed by atoms with van der Waals surface area (Å²) in [5.74, 6) is 0.424. The Bertz CT molecular complexity index is 734. The van der Waals surface area contributed by atoms with Crippen LogP contribution in [0.4, 0.5) is 0 Å². The van der Waals surface area contributed by atoms with Gasteiger partial charge in [-0.25, -0.2) is 4.57 Å². The first-order valence-corrected chi connectivity index (χ1v) is 9.77. The molecule has 0 bridgehead atoms. The van der Waals surface area contributed by atoms with E-state index in [1.807, 2.05) is 81.4 Å². The number of rotatable bonds is 8. The van der Waals surface area contributed by atoms with Crippen LogP contribution in [0.2, 0.25) is 0 Å². The van der Waals surface area contributed by atoms with Crippen LogP contribution in [0.3, 0.4) is 0 Å². The van der Waals surface area contributed by atoms with E-state index in [0.29, 0.717) is 11.1 Å². The Hall–Kier alpha value is -2.29. The molecule has 4 nitrogen and oxygen atoms in total. The molecule has 0 N–H and O–H groups in total. The van der Waals surface area contributed by atoms with Gasteiger partial charge in [-0.3, -0.25) is 4.52 Å². The van der Waals surface area contributed by atoms with Crippen LogP contribution in [0.15, 0.2) is 73.8 Å². The fourth-order valence-electron chi connectivity index (χ4n) is 1.97. The Balaban J connectivity index is 2.20. The van der Waals surface area contributed by atoms with E-state index in [9.17, 15) is 4.57 Å². The number of phosphoric acid groups is 1. The topological polar surface area (TPSA) is 44.8 Å². The maximum Gasteiger partial charge on any atom is 0.587 e. The second-order valence-electron chi connectivity index (χ2n) is 7.04. The summed E-state index contributed by atoms with van der Waals surface area (Å²) < 4.78 is 29.9. The van der Waals surface area contributed by atoms with Crippen molar-refractivity contribution in [3.8, 4) is 0 Å². The zero-order chi connectivity index (χ0) is 19.2. The van der Waals surface area contributed by atoms with Crippen LogP contribution in [0, 0.1) is 5.41 Å². The first-order chi connectivity index (χ1) is 12.2. The van der Waals surface area contributed by atoms with Gasteiger partial charge in [0.2, 0.25) is 0 Å². The van der Waals surface area contributed by atoms with Crippen molar-refractivity contribution in [2.24, 2.45) is 5.41 Å². The summed E-state index contributed by atoms with van der Waals surface area (Å²) in [6.07, 6.45) is 0. The largest absolute Gasteiger partial charge is 0.587 e. The SMILES string of the molecule is C=C(OP(=O)(OCC(C)(C)C)OC(=C)c1ccccc1)c1ccccc1. The van der Waals surface area contributed by atoms with Gasteiger partial charge in [0.15, 0.2) is 0 Å². The molecule has 2 rings (SSSR count). The molecule has 0 aliphatic carbocycles. The maximum atomic E-state index is 13.2. The average molecular weight is 372 g/mol. The number of phosphoric ester groups is 1. The molecule has 0 saturated carbocycles. The van der Waals surface area contributed by atoms with Crippen LogP contribution in [0.1, 0.15) is 31.9 Å². The van der Waals surface area contributed by atoms with E-state index in [1.54, 1.807) is 0 Å². The van der Waals surface area contributed by atoms with Crippen LogP contribution < -0.4 is 0 Å². The van der Waals surface area contributed by atoms with Gasteiger partial charge in [0.25, 0.3) is 0 Å². The van der Waals surface area contributed by atoms with Crippen molar-refractivity contribution in [3.05, 3.63) is 84.9 Å². The predicted molar refractivity (Wildman–Crippen MR) is 106 cm³/mol. The predicted octanol–water partition coefficient (Wildman–Crippen LogP) is 6.53. The van der Waals surface area contributed by atoms with Gasteiger partial charge in [-0.15, -0.1) is 0 Å². The second-order valence-corrected chi connectivity index (χ2v) is 8.56. The van der Waals surface area contributed by atoms with Crippen molar-refractivity contribution >= 4 is 19.3 Å². The Labute approximate surface area is 155 Å². The fraction of sp³-hybridized carbons (Fsp3) is 0.238. The Morgan fingerprint density at radius 2 is 1.23 bits per heavy atom. The maximum absolute atomic E-state index is 13.2. The molecule has 26 heavy (non-hydrogen) atoms. The monoisotopic (exact) mass is 372 g/mol. The lowest BCUT2D eigenvalue weighted by molar-refractivity contribution is 0.137. The second kappa shape index (κ2) is 8.39. The third-order valence-electron chi connectivity index (χ3n) is 3.29. The van der Waals surface area contributed by atoms with Gasteiger partial charge in [-0.1, -0.05) is 94.6 Å². The van der Waals surface area contributed by atoms with Gasteiger partial charge in [-0.2, -0.15) is 0 Å². The van der Waals surface area contributed by atoms with Crippen molar-refractivity contribution in [1.82, 2.24) is 0 Å². The van der Waals surface area contributed by atoms with Crippen molar-refractivity contribution < 1.29 is 18.1 Å². The molecule has 0 aliphatic rings. The molecule has 138 valence electrons. The normalized spacial score (nSPS) is 11.7. The quantitative estimate of drug-likeness (QED) is 0.390. The Morgan fingerprint density at radius 1 is 0.846 bits per heavy atom. The summed E-state index contributed by atoms with van der Waals surface area (Å²) in [5, 5.41) is 0. The standard InChI is InChI=1S/C21H25O4P/c1-17(19-12-8-6-9-13-19)24-26(22,23-16-21(3,4)5)25-18(2)20-14-10-7-11-15-20/h6-15H,1-2,16H2,3-5H3. The summed E-state index contributed by atoms with van der Waals surface area (Å²) in [5.41, 5.74) is 1.17.